The van der Waals surface area contributed by atoms with Gasteiger partial charge in [0, 0.05) is 27.6 Å². The Morgan fingerprint density at radius 1 is 1.15 bits per heavy atom. The molecule has 0 aromatic heterocycles. The first kappa shape index (κ1) is 18.0. The lowest BCUT2D eigenvalue weighted by atomic mass is 9.98. The van der Waals surface area contributed by atoms with Crippen LogP contribution in [0.25, 0.3) is 0 Å². The van der Waals surface area contributed by atoms with Gasteiger partial charge in [0.1, 0.15) is 31.3 Å². The van der Waals surface area contributed by atoms with Gasteiger partial charge in [-0.3, -0.25) is 4.79 Å². The van der Waals surface area contributed by atoms with E-state index in [4.69, 9.17) is 23.7 Å². The summed E-state index contributed by atoms with van der Waals surface area (Å²) in [6.45, 7) is 1.88. The zero-order valence-electron chi connectivity index (χ0n) is 14.8. The third-order valence-electron chi connectivity index (χ3n) is 4.58. The summed E-state index contributed by atoms with van der Waals surface area (Å²) >= 11 is 3.49. The maximum atomic E-state index is 11.5. The molecule has 0 radical (unpaired) electrons. The number of carbonyl (C=O) groups is 1. The molecule has 0 aliphatic carbocycles. The number of hydrogen-bond acceptors (Lipinski definition) is 6. The largest absolute Gasteiger partial charge is 0.492 e. The van der Waals surface area contributed by atoms with Crippen LogP contribution in [0.3, 0.4) is 0 Å². The predicted molar refractivity (Wildman–Crippen MR) is 101 cm³/mol. The van der Waals surface area contributed by atoms with Gasteiger partial charge >= 0.3 is 5.97 Å². The molecule has 27 heavy (non-hydrogen) atoms. The lowest BCUT2D eigenvalue weighted by Gasteiger charge is -2.21. The molecule has 0 saturated carbocycles. The topological polar surface area (TPSA) is 63.2 Å². The van der Waals surface area contributed by atoms with Crippen molar-refractivity contribution >= 4 is 21.9 Å². The third-order valence-corrected chi connectivity index (χ3v) is 5.04. The van der Waals surface area contributed by atoms with E-state index in [-0.39, 0.29) is 11.9 Å². The van der Waals surface area contributed by atoms with Crippen LogP contribution in [-0.2, 0) is 16.1 Å². The van der Waals surface area contributed by atoms with Gasteiger partial charge in [-0.1, -0.05) is 22.0 Å². The summed E-state index contributed by atoms with van der Waals surface area (Å²) in [6.07, 6.45) is 0.311. The van der Waals surface area contributed by atoms with Crippen LogP contribution < -0.4 is 18.9 Å². The molecule has 0 saturated heterocycles. The Morgan fingerprint density at radius 2 is 2.00 bits per heavy atom. The first-order valence-corrected chi connectivity index (χ1v) is 9.47. The Kier molecular flexibility index (Phi) is 5.11. The van der Waals surface area contributed by atoms with Crippen molar-refractivity contribution < 1.29 is 28.5 Å². The van der Waals surface area contributed by atoms with Gasteiger partial charge in [0.25, 0.3) is 0 Å². The Bertz CT molecular complexity index is 866. The molecule has 0 fully saturated rings. The standard InChI is InChI=1S/C20H19BrO6/c1-23-19(22)7-12-10-27-17-9-15(2-3-16(12)17)26-11-13-6-14(21)8-18-20(13)25-5-4-24-18/h2-3,6,8-9,12H,4-5,7,10-11H2,1H3. The average Bonchev–Trinajstić information content (AvgIpc) is 3.07. The lowest BCUT2D eigenvalue weighted by molar-refractivity contribution is -0.141. The fraction of sp³-hybridized carbons (Fsp3) is 0.350. The second-order valence-corrected chi connectivity index (χ2v) is 7.28. The number of halogens is 1. The molecule has 0 spiro atoms. The number of benzene rings is 2. The third kappa shape index (κ3) is 3.83. The number of ether oxygens (including phenoxy) is 5. The molecular weight excluding hydrogens is 416 g/mol. The van der Waals surface area contributed by atoms with Crippen molar-refractivity contribution in [3.05, 3.63) is 45.9 Å². The van der Waals surface area contributed by atoms with Crippen molar-refractivity contribution in [3.63, 3.8) is 0 Å². The molecule has 2 aromatic rings. The quantitative estimate of drug-likeness (QED) is 0.666. The first-order chi connectivity index (χ1) is 13.1. The summed E-state index contributed by atoms with van der Waals surface area (Å²) in [5, 5.41) is 0. The van der Waals surface area contributed by atoms with Gasteiger partial charge in [-0.25, -0.2) is 0 Å². The smallest absolute Gasteiger partial charge is 0.306 e. The molecule has 2 aromatic carbocycles. The maximum absolute atomic E-state index is 11.5. The number of methoxy groups -OCH3 is 1. The van der Waals surface area contributed by atoms with Crippen LogP contribution in [0.5, 0.6) is 23.0 Å². The molecule has 7 heteroatoms. The highest BCUT2D eigenvalue weighted by atomic mass is 79.9. The van der Waals surface area contributed by atoms with Crippen LogP contribution in [0, 0.1) is 0 Å². The highest BCUT2D eigenvalue weighted by Crippen LogP contribution is 2.40. The monoisotopic (exact) mass is 434 g/mol. The summed E-state index contributed by atoms with van der Waals surface area (Å²) in [7, 11) is 1.39. The van der Waals surface area contributed by atoms with Crippen LogP contribution in [0.2, 0.25) is 0 Å². The van der Waals surface area contributed by atoms with Crippen molar-refractivity contribution in [3.8, 4) is 23.0 Å². The maximum Gasteiger partial charge on any atom is 0.306 e. The first-order valence-electron chi connectivity index (χ1n) is 8.68. The van der Waals surface area contributed by atoms with Crippen molar-refractivity contribution in [1.82, 2.24) is 0 Å². The minimum Gasteiger partial charge on any atom is -0.492 e. The van der Waals surface area contributed by atoms with Crippen molar-refractivity contribution in [2.45, 2.75) is 18.9 Å². The molecule has 2 aliphatic heterocycles. The van der Waals surface area contributed by atoms with E-state index in [2.05, 4.69) is 15.9 Å². The van der Waals surface area contributed by atoms with E-state index in [1.165, 1.54) is 7.11 Å². The molecule has 0 amide bonds. The van der Waals surface area contributed by atoms with E-state index in [1.54, 1.807) is 0 Å². The molecule has 2 aliphatic rings. The minimum atomic E-state index is -0.238. The number of rotatable bonds is 5. The van der Waals surface area contributed by atoms with Crippen molar-refractivity contribution in [2.75, 3.05) is 26.9 Å². The van der Waals surface area contributed by atoms with E-state index in [0.29, 0.717) is 38.6 Å². The summed E-state index contributed by atoms with van der Waals surface area (Å²) in [5.74, 6) is 2.66. The molecule has 2 heterocycles. The summed E-state index contributed by atoms with van der Waals surface area (Å²) in [6, 6.07) is 9.54. The molecular formula is C20H19BrO6. The van der Waals surface area contributed by atoms with E-state index in [0.717, 1.165) is 32.8 Å². The van der Waals surface area contributed by atoms with Crippen molar-refractivity contribution in [2.24, 2.45) is 0 Å². The normalized spacial score (nSPS) is 17.0. The Morgan fingerprint density at radius 3 is 2.85 bits per heavy atom. The van der Waals surface area contributed by atoms with Gasteiger partial charge in [0.15, 0.2) is 11.5 Å². The fourth-order valence-electron chi connectivity index (χ4n) is 3.26. The van der Waals surface area contributed by atoms with Gasteiger partial charge < -0.3 is 23.7 Å². The van der Waals surface area contributed by atoms with E-state index in [1.807, 2.05) is 30.3 Å². The molecule has 1 unspecified atom stereocenters. The zero-order chi connectivity index (χ0) is 18.8. The van der Waals surface area contributed by atoms with E-state index < -0.39 is 0 Å². The van der Waals surface area contributed by atoms with Gasteiger partial charge in [-0.15, -0.1) is 0 Å². The SMILES string of the molecule is COC(=O)CC1COc2cc(OCc3cc(Br)cc4c3OCCO4)ccc21. The highest BCUT2D eigenvalue weighted by Gasteiger charge is 2.27. The molecule has 0 bridgehead atoms. The highest BCUT2D eigenvalue weighted by molar-refractivity contribution is 9.10. The van der Waals surface area contributed by atoms with Gasteiger partial charge in [-0.05, 0) is 18.2 Å². The Labute approximate surface area is 165 Å². The summed E-state index contributed by atoms with van der Waals surface area (Å²) in [4.78, 5) is 11.5. The average molecular weight is 435 g/mol. The summed E-state index contributed by atoms with van der Waals surface area (Å²) in [5.41, 5.74) is 1.91. The number of carbonyl (C=O) groups excluding carboxylic acids is 1. The van der Waals surface area contributed by atoms with Crippen LogP contribution in [0.4, 0.5) is 0 Å². The second kappa shape index (κ2) is 7.68. The zero-order valence-corrected chi connectivity index (χ0v) is 16.4. The van der Waals surface area contributed by atoms with Gasteiger partial charge in [0.2, 0.25) is 0 Å². The lowest BCUT2D eigenvalue weighted by Crippen LogP contribution is -2.17. The molecule has 4 rings (SSSR count). The number of hydrogen-bond donors (Lipinski definition) is 0. The predicted octanol–water partition coefficient (Wildman–Crippen LogP) is 3.84. The molecule has 1 atom stereocenters. The minimum absolute atomic E-state index is 0.0177. The molecule has 0 N–H and O–H groups in total. The van der Waals surface area contributed by atoms with Crippen LogP contribution >= 0.6 is 15.9 Å². The van der Waals surface area contributed by atoms with Gasteiger partial charge in [0.05, 0.1) is 20.1 Å². The number of fused-ring (bicyclic) bond motifs is 2. The molecule has 142 valence electrons. The van der Waals surface area contributed by atoms with Crippen LogP contribution in [0.1, 0.15) is 23.5 Å². The van der Waals surface area contributed by atoms with Crippen LogP contribution in [-0.4, -0.2) is 32.9 Å². The van der Waals surface area contributed by atoms with E-state index in [9.17, 15) is 4.79 Å². The van der Waals surface area contributed by atoms with Crippen LogP contribution in [0.15, 0.2) is 34.8 Å². The van der Waals surface area contributed by atoms with Crippen molar-refractivity contribution in [1.29, 1.82) is 0 Å². The second-order valence-electron chi connectivity index (χ2n) is 6.37. The van der Waals surface area contributed by atoms with E-state index >= 15 is 0 Å². The number of esters is 1. The Balaban J connectivity index is 1.48. The van der Waals surface area contributed by atoms with Gasteiger partial charge in [-0.2, -0.15) is 0 Å². The summed E-state index contributed by atoms with van der Waals surface area (Å²) < 4.78 is 28.7. The molecule has 6 nitrogen and oxygen atoms in total. The fourth-order valence-corrected chi connectivity index (χ4v) is 3.74. The Hall–Kier alpha value is -2.41.